The second-order valence-electron chi connectivity index (χ2n) is 5.71. The number of aromatic nitrogens is 2. The van der Waals surface area contributed by atoms with Crippen LogP contribution >= 0.6 is 0 Å². The van der Waals surface area contributed by atoms with Crippen LogP contribution in [-0.2, 0) is 0 Å². The molecule has 118 valence electrons. The zero-order valence-corrected chi connectivity index (χ0v) is 13.8. The van der Waals surface area contributed by atoms with Crippen LogP contribution in [-0.4, -0.2) is 9.97 Å². The lowest BCUT2D eigenvalue weighted by Gasteiger charge is -2.07. The Hall–Kier alpha value is -2.94. The summed E-state index contributed by atoms with van der Waals surface area (Å²) in [7, 11) is 0. The first kappa shape index (κ1) is 14.6. The monoisotopic (exact) mass is 314 g/mol. The van der Waals surface area contributed by atoms with E-state index in [1.54, 1.807) is 0 Å². The van der Waals surface area contributed by atoms with Gasteiger partial charge in [0.15, 0.2) is 11.4 Å². The summed E-state index contributed by atoms with van der Waals surface area (Å²) in [6.45, 7) is 4.15. The van der Waals surface area contributed by atoms with Gasteiger partial charge in [-0.15, -0.1) is 0 Å². The third kappa shape index (κ3) is 2.29. The summed E-state index contributed by atoms with van der Waals surface area (Å²) in [5.74, 6) is 0.776. The van der Waals surface area contributed by atoms with Crippen molar-refractivity contribution in [1.29, 1.82) is 0 Å². The van der Waals surface area contributed by atoms with Crippen molar-refractivity contribution >= 4 is 27.6 Å². The molecule has 0 aliphatic rings. The summed E-state index contributed by atoms with van der Waals surface area (Å²) in [5.41, 5.74) is 5.49. The minimum absolute atomic E-state index is 0.748. The Morgan fingerprint density at radius 1 is 1.00 bits per heavy atom. The van der Waals surface area contributed by atoms with Gasteiger partial charge in [0.1, 0.15) is 16.8 Å². The fourth-order valence-corrected chi connectivity index (χ4v) is 3.02. The average molecular weight is 314 g/mol. The van der Waals surface area contributed by atoms with Gasteiger partial charge < -0.3 is 4.42 Å². The van der Waals surface area contributed by atoms with Crippen LogP contribution in [0.5, 0.6) is 0 Å². The Balaban J connectivity index is 2.12. The van der Waals surface area contributed by atoms with E-state index in [1.807, 2.05) is 49.4 Å². The lowest BCUT2D eigenvalue weighted by atomic mass is 10.1. The van der Waals surface area contributed by atoms with Crippen LogP contribution < -0.4 is 0 Å². The highest BCUT2D eigenvalue weighted by Gasteiger charge is 2.17. The van der Waals surface area contributed by atoms with Crippen LogP contribution in [0.4, 0.5) is 0 Å². The van der Waals surface area contributed by atoms with Crippen molar-refractivity contribution in [1.82, 2.24) is 9.97 Å². The number of hydrogen-bond donors (Lipinski definition) is 0. The molecule has 24 heavy (non-hydrogen) atoms. The van der Waals surface area contributed by atoms with E-state index in [4.69, 9.17) is 14.4 Å². The van der Waals surface area contributed by atoms with E-state index >= 15 is 0 Å². The highest BCUT2D eigenvalue weighted by Crippen LogP contribution is 2.34. The van der Waals surface area contributed by atoms with Crippen molar-refractivity contribution in [2.75, 3.05) is 0 Å². The number of rotatable bonds is 3. The second kappa shape index (κ2) is 5.93. The number of hydrogen-bond acceptors (Lipinski definition) is 3. The summed E-state index contributed by atoms with van der Waals surface area (Å²) in [6.07, 6.45) is 2.98. The molecule has 3 nitrogen and oxygen atoms in total. The van der Waals surface area contributed by atoms with Crippen LogP contribution in [0.25, 0.3) is 38.9 Å². The Morgan fingerprint density at radius 3 is 2.50 bits per heavy atom. The Kier molecular flexibility index (Phi) is 3.62. The molecule has 0 bridgehead atoms. The van der Waals surface area contributed by atoms with Gasteiger partial charge in [0, 0.05) is 10.9 Å². The lowest BCUT2D eigenvalue weighted by molar-refractivity contribution is 0.667. The Bertz CT molecular complexity index is 1050. The van der Waals surface area contributed by atoms with Crippen LogP contribution in [0.3, 0.4) is 0 Å². The van der Waals surface area contributed by atoms with E-state index in [9.17, 15) is 0 Å². The number of allylic oxidation sites excluding steroid dienone is 2. The molecule has 3 heteroatoms. The van der Waals surface area contributed by atoms with Crippen LogP contribution in [0.1, 0.15) is 26.1 Å². The topological polar surface area (TPSA) is 38.9 Å². The molecule has 0 saturated heterocycles. The molecule has 4 aromatic rings. The van der Waals surface area contributed by atoms with E-state index in [2.05, 4.69) is 25.1 Å². The summed E-state index contributed by atoms with van der Waals surface area (Å²) >= 11 is 0. The summed E-state index contributed by atoms with van der Waals surface area (Å²) < 4.78 is 6.10. The number of para-hydroxylation sites is 1. The first-order valence-electron chi connectivity index (χ1n) is 8.22. The zero-order chi connectivity index (χ0) is 16.5. The summed E-state index contributed by atoms with van der Waals surface area (Å²) in [4.78, 5) is 9.65. The largest absolute Gasteiger partial charge is 0.452 e. The highest BCUT2D eigenvalue weighted by atomic mass is 16.3. The molecule has 0 amide bonds. The Labute approximate surface area is 140 Å². The minimum atomic E-state index is 0.748. The van der Waals surface area contributed by atoms with Crippen molar-refractivity contribution in [2.24, 2.45) is 0 Å². The molecule has 0 aliphatic heterocycles. The predicted molar refractivity (Wildman–Crippen MR) is 98.7 cm³/mol. The van der Waals surface area contributed by atoms with Crippen molar-refractivity contribution in [3.05, 3.63) is 66.5 Å². The molecule has 0 radical (unpaired) electrons. The maximum Gasteiger partial charge on any atom is 0.180 e. The summed E-state index contributed by atoms with van der Waals surface area (Å²) in [6, 6.07) is 18.2. The zero-order valence-electron chi connectivity index (χ0n) is 13.8. The molecule has 0 spiro atoms. The molecule has 0 saturated carbocycles. The van der Waals surface area contributed by atoms with Crippen molar-refractivity contribution in [2.45, 2.75) is 20.3 Å². The maximum atomic E-state index is 6.10. The number of benzene rings is 2. The molecule has 0 atom stereocenters. The molecule has 0 fully saturated rings. The molecule has 4 rings (SSSR count). The van der Waals surface area contributed by atoms with Crippen molar-refractivity contribution in [3.63, 3.8) is 0 Å². The maximum absolute atomic E-state index is 6.10. The summed E-state index contributed by atoms with van der Waals surface area (Å²) in [5, 5.41) is 1.03. The van der Waals surface area contributed by atoms with Gasteiger partial charge in [0.25, 0.3) is 0 Å². The molecule has 2 aromatic heterocycles. The third-order valence-corrected chi connectivity index (χ3v) is 4.28. The smallest absolute Gasteiger partial charge is 0.180 e. The normalized spacial score (nSPS) is 12.2. The van der Waals surface area contributed by atoms with E-state index < -0.39 is 0 Å². The van der Waals surface area contributed by atoms with Gasteiger partial charge in [-0.3, -0.25) is 0 Å². The SMILES string of the molecule is CC=C(CC)c1nc(-c2ccccc2)c2oc3ccccc3c2n1. The molecule has 0 unspecified atom stereocenters. The predicted octanol–water partition coefficient (Wildman–Crippen LogP) is 5.86. The number of fused-ring (bicyclic) bond motifs is 3. The van der Waals surface area contributed by atoms with Gasteiger partial charge in [-0.1, -0.05) is 55.5 Å². The average Bonchev–Trinajstić information content (AvgIpc) is 3.02. The first-order chi connectivity index (χ1) is 11.8. The molecule has 0 N–H and O–H groups in total. The molecule has 0 aliphatic carbocycles. The van der Waals surface area contributed by atoms with Crippen LogP contribution in [0.15, 0.2) is 65.1 Å². The van der Waals surface area contributed by atoms with Gasteiger partial charge in [-0.2, -0.15) is 0 Å². The van der Waals surface area contributed by atoms with Crippen molar-refractivity contribution in [3.8, 4) is 11.3 Å². The number of furan rings is 1. The fourth-order valence-electron chi connectivity index (χ4n) is 3.02. The van der Waals surface area contributed by atoms with Gasteiger partial charge in [0.05, 0.1) is 0 Å². The quantitative estimate of drug-likeness (QED) is 0.475. The van der Waals surface area contributed by atoms with E-state index in [-0.39, 0.29) is 0 Å². The minimum Gasteiger partial charge on any atom is -0.452 e. The van der Waals surface area contributed by atoms with Gasteiger partial charge >= 0.3 is 0 Å². The molecule has 2 heterocycles. The van der Waals surface area contributed by atoms with E-state index in [0.717, 1.165) is 51.1 Å². The highest BCUT2D eigenvalue weighted by molar-refractivity contribution is 6.06. The van der Waals surface area contributed by atoms with Crippen LogP contribution in [0.2, 0.25) is 0 Å². The number of nitrogens with zero attached hydrogens (tertiary/aromatic N) is 2. The first-order valence-corrected chi connectivity index (χ1v) is 8.22. The molecular weight excluding hydrogens is 296 g/mol. The lowest BCUT2D eigenvalue weighted by Crippen LogP contribution is -1.97. The fraction of sp³-hybridized carbons (Fsp3) is 0.143. The third-order valence-electron chi connectivity index (χ3n) is 4.28. The van der Waals surface area contributed by atoms with E-state index in [1.165, 1.54) is 0 Å². The van der Waals surface area contributed by atoms with Crippen molar-refractivity contribution < 1.29 is 4.42 Å². The van der Waals surface area contributed by atoms with E-state index in [0.29, 0.717) is 0 Å². The van der Waals surface area contributed by atoms with Crippen LogP contribution in [0, 0.1) is 0 Å². The van der Waals surface area contributed by atoms with Gasteiger partial charge in [0.2, 0.25) is 0 Å². The Morgan fingerprint density at radius 2 is 1.75 bits per heavy atom. The molecular formula is C21H18N2O. The second-order valence-corrected chi connectivity index (χ2v) is 5.71. The van der Waals surface area contributed by atoms with Gasteiger partial charge in [-0.25, -0.2) is 9.97 Å². The standard InChI is InChI=1S/C21H18N2O/c1-3-14(4-2)21-22-18(15-10-6-5-7-11-15)20-19(23-21)16-12-8-9-13-17(16)24-20/h3,5-13H,4H2,1-2H3. The van der Waals surface area contributed by atoms with Gasteiger partial charge in [-0.05, 0) is 31.1 Å². The molecule has 2 aromatic carbocycles.